The molecule has 50 heavy (non-hydrogen) atoms. The Hall–Kier alpha value is -6.22. The molecule has 2 heteroatoms. The summed E-state index contributed by atoms with van der Waals surface area (Å²) in [5.41, 5.74) is 13.1. The predicted molar refractivity (Wildman–Crippen MR) is 216 cm³/mol. The molecule has 0 spiro atoms. The van der Waals surface area contributed by atoms with E-state index in [0.29, 0.717) is 0 Å². The minimum Gasteiger partial charge on any atom is -0.311 e. The fourth-order valence-electron chi connectivity index (χ4n) is 6.90. The summed E-state index contributed by atoms with van der Waals surface area (Å²) in [5.74, 6) is 0. The summed E-state index contributed by atoms with van der Waals surface area (Å²) in [7, 11) is 0. The smallest absolute Gasteiger partial charge is 0.0462 e. The topological polar surface area (TPSA) is 3.24 Å². The maximum atomic E-state index is 2.35. The number of benzene rings is 8. The monoisotopic (exact) mass is 655 g/mol. The van der Waals surface area contributed by atoms with Crippen molar-refractivity contribution in [2.24, 2.45) is 0 Å². The summed E-state index contributed by atoms with van der Waals surface area (Å²) < 4.78 is 1.31. The highest BCUT2D eigenvalue weighted by Gasteiger charge is 2.15. The largest absolute Gasteiger partial charge is 0.311 e. The fourth-order valence-corrected chi connectivity index (χ4v) is 7.87. The number of nitrogens with zero attached hydrogens (tertiary/aromatic N) is 1. The Labute approximate surface area is 297 Å². The van der Waals surface area contributed by atoms with E-state index in [2.05, 4.69) is 204 Å². The van der Waals surface area contributed by atoms with Gasteiger partial charge < -0.3 is 4.90 Å². The van der Waals surface area contributed by atoms with Crippen molar-refractivity contribution in [1.29, 1.82) is 0 Å². The zero-order valence-electron chi connectivity index (χ0n) is 27.4. The van der Waals surface area contributed by atoms with Gasteiger partial charge >= 0.3 is 0 Å². The molecule has 1 nitrogen and oxygen atoms in total. The van der Waals surface area contributed by atoms with Gasteiger partial charge in [-0.3, -0.25) is 0 Å². The molecule has 0 saturated carbocycles. The molecule has 0 unspecified atom stereocenters. The molecule has 0 radical (unpaired) electrons. The first kappa shape index (κ1) is 29.9. The van der Waals surface area contributed by atoms with Crippen LogP contribution >= 0.6 is 11.3 Å². The molecule has 0 saturated heterocycles. The third-order valence-electron chi connectivity index (χ3n) is 9.58. The van der Waals surface area contributed by atoms with Crippen LogP contribution in [0.5, 0.6) is 0 Å². The molecule has 8 aromatic carbocycles. The van der Waals surface area contributed by atoms with Gasteiger partial charge in [-0.15, -0.1) is 11.3 Å². The molecule has 0 bridgehead atoms. The van der Waals surface area contributed by atoms with Crippen LogP contribution in [0.1, 0.15) is 0 Å². The molecule has 1 heterocycles. The molecule has 0 amide bonds. The number of anilines is 3. The lowest BCUT2D eigenvalue weighted by atomic mass is 9.99. The Balaban J connectivity index is 1.06. The van der Waals surface area contributed by atoms with Crippen molar-refractivity contribution < 1.29 is 0 Å². The Kier molecular flexibility index (Phi) is 7.77. The SMILES string of the molecule is c1ccc(-c2ccc(-c3ccc(N(c4ccc(-c5ccc6ccccc6c5)cc4)c4ccc(-c5csc6ccccc56)cc4)cc3)cc2)cc1. The van der Waals surface area contributed by atoms with E-state index in [4.69, 9.17) is 0 Å². The van der Waals surface area contributed by atoms with Gasteiger partial charge in [-0.25, -0.2) is 0 Å². The number of fused-ring (bicyclic) bond motifs is 2. The molecule has 0 atom stereocenters. The van der Waals surface area contributed by atoms with Gasteiger partial charge in [0.2, 0.25) is 0 Å². The zero-order chi connectivity index (χ0) is 33.3. The molecular formula is C48H33NS. The summed E-state index contributed by atoms with van der Waals surface area (Å²) in [4.78, 5) is 2.35. The number of thiophene rings is 1. The summed E-state index contributed by atoms with van der Waals surface area (Å²) in [5, 5.41) is 6.09. The van der Waals surface area contributed by atoms with E-state index in [1.165, 1.54) is 65.4 Å². The zero-order valence-corrected chi connectivity index (χ0v) is 28.2. The van der Waals surface area contributed by atoms with Gasteiger partial charge in [0.15, 0.2) is 0 Å². The van der Waals surface area contributed by atoms with E-state index >= 15 is 0 Å². The third kappa shape index (κ3) is 5.77. The van der Waals surface area contributed by atoms with Gasteiger partial charge in [0.05, 0.1) is 0 Å². The van der Waals surface area contributed by atoms with E-state index in [1.807, 2.05) is 0 Å². The van der Waals surface area contributed by atoms with Crippen LogP contribution in [0.15, 0.2) is 200 Å². The molecule has 9 aromatic rings. The number of rotatable bonds is 7. The third-order valence-corrected chi connectivity index (χ3v) is 10.5. The molecular weight excluding hydrogens is 623 g/mol. The Bertz CT molecular complexity index is 2550. The summed E-state index contributed by atoms with van der Waals surface area (Å²) >= 11 is 1.80. The van der Waals surface area contributed by atoms with Crippen molar-refractivity contribution in [2.75, 3.05) is 4.90 Å². The van der Waals surface area contributed by atoms with Crippen LogP contribution in [0.4, 0.5) is 17.1 Å². The molecule has 0 N–H and O–H groups in total. The minimum atomic E-state index is 1.11. The highest BCUT2D eigenvalue weighted by molar-refractivity contribution is 7.17. The predicted octanol–water partition coefficient (Wildman–Crippen LogP) is 14.2. The first-order chi connectivity index (χ1) is 24.8. The first-order valence-electron chi connectivity index (χ1n) is 17.0. The van der Waals surface area contributed by atoms with Crippen LogP contribution in [-0.2, 0) is 0 Å². The molecule has 0 fully saturated rings. The van der Waals surface area contributed by atoms with Crippen LogP contribution in [0.25, 0.3) is 65.4 Å². The first-order valence-corrected chi connectivity index (χ1v) is 17.9. The fraction of sp³-hybridized carbons (Fsp3) is 0. The molecule has 0 aliphatic rings. The normalized spacial score (nSPS) is 11.2. The second-order valence-electron chi connectivity index (χ2n) is 12.6. The molecule has 0 aliphatic carbocycles. The highest BCUT2D eigenvalue weighted by Crippen LogP contribution is 2.40. The molecule has 9 rings (SSSR count). The average molecular weight is 656 g/mol. The maximum Gasteiger partial charge on any atom is 0.0462 e. The van der Waals surface area contributed by atoms with Crippen molar-refractivity contribution in [3.05, 3.63) is 200 Å². The van der Waals surface area contributed by atoms with E-state index < -0.39 is 0 Å². The van der Waals surface area contributed by atoms with Crippen LogP contribution in [0, 0.1) is 0 Å². The number of hydrogen-bond donors (Lipinski definition) is 0. The lowest BCUT2D eigenvalue weighted by molar-refractivity contribution is 1.28. The van der Waals surface area contributed by atoms with Gasteiger partial charge in [-0.2, -0.15) is 0 Å². The van der Waals surface area contributed by atoms with E-state index in [1.54, 1.807) is 11.3 Å². The second kappa shape index (κ2) is 13.0. The standard InChI is InChI=1S/C48H33NS/c1-2-8-34(9-3-1)36-14-16-37(17-15-36)38-20-26-43(27-21-38)49(45-30-24-40(25-31-45)47-33-50-48-13-7-6-12-46(47)48)44-28-22-39(23-29-44)42-19-18-35-10-4-5-11-41(35)32-42/h1-33H. The van der Waals surface area contributed by atoms with Gasteiger partial charge in [-0.1, -0.05) is 146 Å². The van der Waals surface area contributed by atoms with Gasteiger partial charge in [0, 0.05) is 32.7 Å². The maximum absolute atomic E-state index is 2.35. The highest BCUT2D eigenvalue weighted by atomic mass is 32.1. The Morgan fingerprint density at radius 3 is 1.38 bits per heavy atom. The van der Waals surface area contributed by atoms with Crippen molar-refractivity contribution in [3.8, 4) is 44.5 Å². The summed E-state index contributed by atoms with van der Waals surface area (Å²) in [6.45, 7) is 0. The van der Waals surface area contributed by atoms with Crippen molar-refractivity contribution >= 4 is 49.3 Å². The molecule has 1 aromatic heterocycles. The second-order valence-corrected chi connectivity index (χ2v) is 13.5. The van der Waals surface area contributed by atoms with Crippen LogP contribution in [-0.4, -0.2) is 0 Å². The summed E-state index contributed by atoms with van der Waals surface area (Å²) in [6, 6.07) is 70.1. The quantitative estimate of drug-likeness (QED) is 0.165. The Morgan fingerprint density at radius 2 is 0.760 bits per heavy atom. The van der Waals surface area contributed by atoms with Crippen molar-refractivity contribution in [3.63, 3.8) is 0 Å². The van der Waals surface area contributed by atoms with Crippen LogP contribution < -0.4 is 4.90 Å². The van der Waals surface area contributed by atoms with Gasteiger partial charge in [0.1, 0.15) is 0 Å². The van der Waals surface area contributed by atoms with Gasteiger partial charge in [0.25, 0.3) is 0 Å². The van der Waals surface area contributed by atoms with E-state index in [-0.39, 0.29) is 0 Å². The lowest BCUT2D eigenvalue weighted by Gasteiger charge is -2.26. The lowest BCUT2D eigenvalue weighted by Crippen LogP contribution is -2.09. The van der Waals surface area contributed by atoms with Crippen LogP contribution in [0.2, 0.25) is 0 Å². The van der Waals surface area contributed by atoms with Gasteiger partial charge in [-0.05, 0) is 104 Å². The molecule has 0 aliphatic heterocycles. The minimum absolute atomic E-state index is 1.11. The summed E-state index contributed by atoms with van der Waals surface area (Å²) in [6.07, 6.45) is 0. The van der Waals surface area contributed by atoms with Crippen molar-refractivity contribution in [2.45, 2.75) is 0 Å². The average Bonchev–Trinajstić information content (AvgIpc) is 3.63. The Morgan fingerprint density at radius 1 is 0.320 bits per heavy atom. The number of hydrogen-bond acceptors (Lipinski definition) is 2. The van der Waals surface area contributed by atoms with Crippen molar-refractivity contribution in [1.82, 2.24) is 0 Å². The van der Waals surface area contributed by atoms with Crippen LogP contribution in [0.3, 0.4) is 0 Å². The van der Waals surface area contributed by atoms with E-state index in [0.717, 1.165) is 17.1 Å². The van der Waals surface area contributed by atoms with E-state index in [9.17, 15) is 0 Å². The molecule has 236 valence electrons.